The number of aromatic hydroxyl groups is 1. The van der Waals surface area contributed by atoms with E-state index in [4.69, 9.17) is 11.2 Å². The molecule has 1 N–H and O–H groups in total. The summed E-state index contributed by atoms with van der Waals surface area (Å²) in [7, 11) is 0. The largest absolute Gasteiger partial charge is 0.493 e. The molecule has 30 heavy (non-hydrogen) atoms. The number of amides is 1. The van der Waals surface area contributed by atoms with Crippen LogP contribution in [0.15, 0.2) is 35.3 Å². The highest BCUT2D eigenvalue weighted by Gasteiger charge is 2.49. The quantitative estimate of drug-likeness (QED) is 0.656. The second-order valence-electron chi connectivity index (χ2n) is 7.16. The topological polar surface area (TPSA) is 113 Å². The standard InChI is InChI=1S/C21H15N5O4/c1-2-8-30-21(29)24-11-13-9-16(24)18-19(27)26(20(28)25(13)18)15-6-5-12(10-22)17-14(15)4-3-7-23-17/h1,3-7,13,16,27H,8-9,11H2. The van der Waals surface area contributed by atoms with Crippen LogP contribution in [0.4, 0.5) is 4.79 Å². The molecule has 1 saturated heterocycles. The Balaban J connectivity index is 1.66. The van der Waals surface area contributed by atoms with Gasteiger partial charge in [0.25, 0.3) is 0 Å². The molecule has 1 aromatic carbocycles. The number of pyridine rings is 1. The fourth-order valence-electron chi connectivity index (χ4n) is 4.49. The Morgan fingerprint density at radius 1 is 1.40 bits per heavy atom. The van der Waals surface area contributed by atoms with Crippen LogP contribution < -0.4 is 5.69 Å². The molecule has 2 unspecified atom stereocenters. The molecule has 9 heteroatoms. The third-order valence-corrected chi connectivity index (χ3v) is 5.68. The number of carbonyl (C=O) groups excluding carboxylic acids is 1. The Labute approximate surface area is 170 Å². The number of likely N-dealkylation sites (tertiary alicyclic amines) is 1. The molecule has 148 valence electrons. The Bertz CT molecular complexity index is 1360. The number of benzene rings is 1. The molecule has 0 radical (unpaired) electrons. The average Bonchev–Trinajstić information content (AvgIpc) is 3.43. The fourth-order valence-corrected chi connectivity index (χ4v) is 4.49. The summed E-state index contributed by atoms with van der Waals surface area (Å²) in [6.45, 7) is 0.164. The van der Waals surface area contributed by atoms with Gasteiger partial charge in [-0.1, -0.05) is 5.92 Å². The summed E-state index contributed by atoms with van der Waals surface area (Å²) in [4.78, 5) is 31.3. The minimum Gasteiger partial charge on any atom is -0.493 e. The number of nitriles is 1. The van der Waals surface area contributed by atoms with Gasteiger partial charge in [-0.05, 0) is 30.7 Å². The smallest absolute Gasteiger partial charge is 0.411 e. The number of terminal acetylenes is 1. The van der Waals surface area contributed by atoms with Crippen molar-refractivity contribution in [3.8, 4) is 30.0 Å². The summed E-state index contributed by atoms with van der Waals surface area (Å²) in [5.41, 5.74) is 1.20. The lowest BCUT2D eigenvalue weighted by Gasteiger charge is -2.26. The second-order valence-corrected chi connectivity index (χ2v) is 7.16. The van der Waals surface area contributed by atoms with Gasteiger partial charge < -0.3 is 9.84 Å². The summed E-state index contributed by atoms with van der Waals surface area (Å²) in [6, 6.07) is 7.97. The lowest BCUT2D eigenvalue weighted by Crippen LogP contribution is -2.38. The molecular weight excluding hydrogens is 386 g/mol. The molecule has 0 spiro atoms. The van der Waals surface area contributed by atoms with Crippen molar-refractivity contribution in [2.45, 2.75) is 18.5 Å². The number of ether oxygens (including phenoxy) is 1. The van der Waals surface area contributed by atoms with Crippen molar-refractivity contribution in [2.24, 2.45) is 0 Å². The number of carbonyl (C=O) groups is 1. The van der Waals surface area contributed by atoms with Crippen molar-refractivity contribution in [1.82, 2.24) is 19.0 Å². The van der Waals surface area contributed by atoms with Crippen molar-refractivity contribution in [2.75, 3.05) is 13.2 Å². The van der Waals surface area contributed by atoms with E-state index in [1.165, 1.54) is 14.0 Å². The van der Waals surface area contributed by atoms with Gasteiger partial charge in [-0.3, -0.25) is 14.5 Å². The van der Waals surface area contributed by atoms with Crippen molar-refractivity contribution in [1.29, 1.82) is 5.26 Å². The molecule has 2 aromatic heterocycles. The summed E-state index contributed by atoms with van der Waals surface area (Å²) < 4.78 is 7.76. The molecule has 9 nitrogen and oxygen atoms in total. The first kappa shape index (κ1) is 17.8. The summed E-state index contributed by atoms with van der Waals surface area (Å²) in [5.74, 6) is 2.01. The van der Waals surface area contributed by atoms with Crippen LogP contribution in [-0.4, -0.2) is 43.4 Å². The van der Waals surface area contributed by atoms with E-state index < -0.39 is 17.8 Å². The lowest BCUT2D eigenvalue weighted by molar-refractivity contribution is 0.103. The van der Waals surface area contributed by atoms with Crippen molar-refractivity contribution >= 4 is 17.0 Å². The minimum absolute atomic E-state index is 0.142. The first-order chi connectivity index (χ1) is 14.6. The average molecular weight is 401 g/mol. The maximum Gasteiger partial charge on any atom is 0.411 e. The maximum atomic E-state index is 13.2. The van der Waals surface area contributed by atoms with E-state index in [1.54, 1.807) is 30.5 Å². The van der Waals surface area contributed by atoms with E-state index >= 15 is 0 Å². The molecule has 2 bridgehead atoms. The summed E-state index contributed by atoms with van der Waals surface area (Å²) >= 11 is 0. The van der Waals surface area contributed by atoms with Gasteiger partial charge in [-0.25, -0.2) is 14.2 Å². The van der Waals surface area contributed by atoms with Gasteiger partial charge >= 0.3 is 11.8 Å². The van der Waals surface area contributed by atoms with E-state index in [2.05, 4.69) is 17.0 Å². The molecule has 1 fully saturated rings. The highest BCUT2D eigenvalue weighted by molar-refractivity contribution is 5.91. The number of rotatable bonds is 2. The van der Waals surface area contributed by atoms with Gasteiger partial charge in [-0.15, -0.1) is 6.42 Å². The first-order valence-electron chi connectivity index (χ1n) is 9.28. The third-order valence-electron chi connectivity index (χ3n) is 5.68. The number of hydrogen-bond donors (Lipinski definition) is 1. The van der Waals surface area contributed by atoms with Gasteiger partial charge in [0, 0.05) is 18.1 Å². The summed E-state index contributed by atoms with van der Waals surface area (Å²) in [6.07, 6.45) is 6.67. The predicted molar refractivity (Wildman–Crippen MR) is 105 cm³/mol. The highest BCUT2D eigenvalue weighted by Crippen LogP contribution is 2.49. The van der Waals surface area contributed by atoms with E-state index in [0.717, 1.165) is 0 Å². The zero-order chi connectivity index (χ0) is 21.0. The zero-order valence-corrected chi connectivity index (χ0v) is 15.6. The fraction of sp³-hybridized carbons (Fsp3) is 0.238. The van der Waals surface area contributed by atoms with Crippen LogP contribution in [0.2, 0.25) is 0 Å². The Morgan fingerprint density at radius 2 is 2.23 bits per heavy atom. The minimum atomic E-state index is -0.570. The lowest BCUT2D eigenvalue weighted by atomic mass is 10.1. The molecule has 2 aliphatic heterocycles. The maximum absolute atomic E-state index is 13.2. The van der Waals surface area contributed by atoms with Gasteiger partial charge in [0.2, 0.25) is 5.88 Å². The van der Waals surface area contributed by atoms with E-state index in [1.807, 2.05) is 0 Å². The van der Waals surface area contributed by atoms with Crippen molar-refractivity contribution < 1.29 is 14.6 Å². The monoisotopic (exact) mass is 401 g/mol. The Morgan fingerprint density at radius 3 is 3.00 bits per heavy atom. The number of imidazole rings is 1. The van der Waals surface area contributed by atoms with Crippen LogP contribution in [0.25, 0.3) is 16.6 Å². The zero-order valence-electron chi connectivity index (χ0n) is 15.6. The molecular formula is C21H15N5O4. The van der Waals surface area contributed by atoms with E-state index in [0.29, 0.717) is 40.8 Å². The number of nitrogens with zero attached hydrogens (tertiary/aromatic N) is 5. The summed E-state index contributed by atoms with van der Waals surface area (Å²) in [5, 5.41) is 20.9. The van der Waals surface area contributed by atoms with Gasteiger partial charge in [0.05, 0.1) is 28.9 Å². The second kappa shape index (κ2) is 6.39. The Hall–Kier alpha value is -4.24. The van der Waals surface area contributed by atoms with Crippen LogP contribution in [0, 0.1) is 23.7 Å². The van der Waals surface area contributed by atoms with Gasteiger partial charge in [0.1, 0.15) is 11.8 Å². The molecule has 5 rings (SSSR count). The van der Waals surface area contributed by atoms with Gasteiger partial charge in [0.15, 0.2) is 6.61 Å². The van der Waals surface area contributed by atoms with Crippen LogP contribution in [0.3, 0.4) is 0 Å². The molecule has 3 aromatic rings. The molecule has 2 aliphatic rings. The normalized spacial score (nSPS) is 18.8. The number of fused-ring (bicyclic) bond motifs is 6. The molecule has 4 heterocycles. The van der Waals surface area contributed by atoms with Crippen LogP contribution in [-0.2, 0) is 4.74 Å². The predicted octanol–water partition coefficient (Wildman–Crippen LogP) is 1.84. The molecule has 1 amide bonds. The van der Waals surface area contributed by atoms with Crippen LogP contribution >= 0.6 is 0 Å². The highest BCUT2D eigenvalue weighted by atomic mass is 16.6. The Kier molecular flexibility index (Phi) is 3.80. The van der Waals surface area contributed by atoms with Crippen molar-refractivity contribution in [3.63, 3.8) is 0 Å². The first-order valence-corrected chi connectivity index (χ1v) is 9.28. The molecule has 0 saturated carbocycles. The van der Waals surface area contributed by atoms with Crippen LogP contribution in [0.5, 0.6) is 5.88 Å². The van der Waals surface area contributed by atoms with Crippen molar-refractivity contribution in [3.05, 3.63) is 52.2 Å². The molecule has 0 aliphatic carbocycles. The number of aromatic nitrogens is 3. The van der Waals surface area contributed by atoms with E-state index in [-0.39, 0.29) is 18.5 Å². The third kappa shape index (κ3) is 2.26. The number of hydrogen-bond acceptors (Lipinski definition) is 6. The molecule has 2 atom stereocenters. The van der Waals surface area contributed by atoms with Gasteiger partial charge in [-0.2, -0.15) is 5.26 Å². The van der Waals surface area contributed by atoms with E-state index in [9.17, 15) is 20.0 Å². The van der Waals surface area contributed by atoms with Crippen LogP contribution in [0.1, 0.15) is 29.8 Å². The SMILES string of the molecule is C#CCOC(=O)N1CC2CC1c1c(O)n(-c3ccc(C#N)c4ncccc34)c(=O)n12.